The fourth-order valence-corrected chi connectivity index (χ4v) is 1.81. The molecule has 2 amide bonds. The van der Waals surface area contributed by atoms with Gasteiger partial charge in [0, 0.05) is 18.2 Å². The molecule has 0 aliphatic heterocycles. The molecule has 2 heterocycles. The van der Waals surface area contributed by atoms with E-state index in [2.05, 4.69) is 20.3 Å². The summed E-state index contributed by atoms with van der Waals surface area (Å²) in [4.78, 5) is 23.1. The molecule has 0 aliphatic rings. The monoisotopic (exact) mass is 293 g/mol. The van der Waals surface area contributed by atoms with E-state index in [9.17, 15) is 14.7 Å². The van der Waals surface area contributed by atoms with Crippen molar-refractivity contribution in [3.8, 4) is 0 Å². The Morgan fingerprint density at radius 2 is 2.14 bits per heavy atom. The first kappa shape index (κ1) is 14.8. The van der Waals surface area contributed by atoms with Crippen molar-refractivity contribution in [2.24, 2.45) is 0 Å². The van der Waals surface area contributed by atoms with Crippen LogP contribution in [0.15, 0.2) is 27.3 Å². The number of aliphatic hydroxyl groups excluding tert-OH is 1. The molecule has 0 bridgehead atoms. The van der Waals surface area contributed by atoms with Gasteiger partial charge in [0.25, 0.3) is 0 Å². The molecule has 2 rings (SSSR count). The summed E-state index contributed by atoms with van der Waals surface area (Å²) < 4.78 is 9.81. The maximum atomic E-state index is 11.6. The Bertz CT molecular complexity index is 632. The average molecular weight is 293 g/mol. The van der Waals surface area contributed by atoms with Crippen molar-refractivity contribution in [3.63, 3.8) is 0 Å². The zero-order valence-corrected chi connectivity index (χ0v) is 11.5. The van der Waals surface area contributed by atoms with E-state index in [0.717, 1.165) is 0 Å². The molecule has 0 spiro atoms. The normalized spacial score (nSPS) is 12.0. The van der Waals surface area contributed by atoms with E-state index in [1.54, 1.807) is 19.9 Å². The van der Waals surface area contributed by atoms with Gasteiger partial charge < -0.3 is 19.4 Å². The second-order valence-electron chi connectivity index (χ2n) is 4.43. The first-order chi connectivity index (χ1) is 9.97. The molecular weight excluding hydrogens is 278 g/mol. The first-order valence-corrected chi connectivity index (χ1v) is 6.22. The summed E-state index contributed by atoms with van der Waals surface area (Å²) in [5.41, 5.74) is 0.574. The van der Waals surface area contributed by atoms with Crippen LogP contribution < -0.4 is 10.6 Å². The number of amides is 2. The zero-order valence-electron chi connectivity index (χ0n) is 11.5. The van der Waals surface area contributed by atoms with Gasteiger partial charge in [-0.1, -0.05) is 5.16 Å². The molecule has 3 N–H and O–H groups in total. The summed E-state index contributed by atoms with van der Waals surface area (Å²) in [6.45, 7) is 3.36. The number of hydrogen-bond acceptors (Lipinski definition) is 6. The van der Waals surface area contributed by atoms with E-state index in [1.807, 2.05) is 0 Å². The minimum atomic E-state index is -0.953. The van der Waals surface area contributed by atoms with Crippen molar-refractivity contribution < 1.29 is 23.6 Å². The van der Waals surface area contributed by atoms with E-state index < -0.39 is 17.9 Å². The molecule has 2 aromatic rings. The molecule has 8 nitrogen and oxygen atoms in total. The highest BCUT2D eigenvalue weighted by Crippen LogP contribution is 2.20. The average Bonchev–Trinajstić information content (AvgIpc) is 3.05. The van der Waals surface area contributed by atoms with Crippen LogP contribution in [-0.4, -0.2) is 28.6 Å². The van der Waals surface area contributed by atoms with Crippen LogP contribution in [0.25, 0.3) is 0 Å². The lowest BCUT2D eigenvalue weighted by atomic mass is 10.1. The number of aryl methyl sites for hydroxylation is 2. The smallest absolute Gasteiger partial charge is 0.314 e. The van der Waals surface area contributed by atoms with Crippen LogP contribution in [-0.2, 0) is 9.59 Å². The van der Waals surface area contributed by atoms with Gasteiger partial charge in [0.2, 0.25) is 0 Å². The topological polar surface area (TPSA) is 118 Å². The van der Waals surface area contributed by atoms with E-state index in [0.29, 0.717) is 17.1 Å². The first-order valence-electron chi connectivity index (χ1n) is 6.22. The molecule has 8 heteroatoms. The Balaban J connectivity index is 1.86. The van der Waals surface area contributed by atoms with Crippen LogP contribution >= 0.6 is 0 Å². The van der Waals surface area contributed by atoms with Gasteiger partial charge in [-0.2, -0.15) is 0 Å². The van der Waals surface area contributed by atoms with Crippen LogP contribution in [0.3, 0.4) is 0 Å². The molecule has 0 aliphatic carbocycles. The van der Waals surface area contributed by atoms with E-state index in [-0.39, 0.29) is 12.4 Å². The number of hydrogen-bond donors (Lipinski definition) is 3. The zero-order chi connectivity index (χ0) is 15.4. The summed E-state index contributed by atoms with van der Waals surface area (Å²) in [6, 6.07) is 3.08. The third-order valence-corrected chi connectivity index (χ3v) is 2.78. The van der Waals surface area contributed by atoms with Gasteiger partial charge >= 0.3 is 11.8 Å². The largest absolute Gasteiger partial charge is 0.466 e. The van der Waals surface area contributed by atoms with Crippen molar-refractivity contribution in [2.75, 3.05) is 11.9 Å². The third kappa shape index (κ3) is 3.69. The minimum absolute atomic E-state index is 0.106. The molecule has 112 valence electrons. The summed E-state index contributed by atoms with van der Waals surface area (Å²) in [6.07, 6.45) is 0.313. The van der Waals surface area contributed by atoms with Gasteiger partial charge in [0.1, 0.15) is 17.8 Å². The number of aromatic nitrogens is 1. The van der Waals surface area contributed by atoms with Gasteiger partial charge in [-0.15, -0.1) is 0 Å². The second kappa shape index (κ2) is 6.23. The lowest BCUT2D eigenvalue weighted by Crippen LogP contribution is -2.37. The number of furan rings is 1. The number of nitrogens with one attached hydrogen (secondary N) is 2. The third-order valence-electron chi connectivity index (χ3n) is 2.78. The minimum Gasteiger partial charge on any atom is -0.466 e. The highest BCUT2D eigenvalue weighted by Gasteiger charge is 2.19. The Hall–Kier alpha value is -2.61. The molecule has 0 radical (unpaired) electrons. The Morgan fingerprint density at radius 3 is 2.71 bits per heavy atom. The molecule has 1 unspecified atom stereocenters. The standard InChI is InChI=1S/C13H15N3O5/c1-7-5-9(8(2)21-7)10(17)6-14-12(18)13(19)15-11-3-4-20-16-11/h3-5,10,17H,6H2,1-2H3,(H,14,18)(H,15,16,19). The van der Waals surface area contributed by atoms with Crippen molar-refractivity contribution >= 4 is 17.6 Å². The van der Waals surface area contributed by atoms with Gasteiger partial charge in [0.15, 0.2) is 5.82 Å². The van der Waals surface area contributed by atoms with Gasteiger partial charge in [0.05, 0.1) is 6.10 Å². The van der Waals surface area contributed by atoms with Crippen LogP contribution in [0.2, 0.25) is 0 Å². The number of nitrogens with zero attached hydrogens (tertiary/aromatic N) is 1. The lowest BCUT2D eigenvalue weighted by Gasteiger charge is -2.10. The maximum absolute atomic E-state index is 11.6. The van der Waals surface area contributed by atoms with Crippen molar-refractivity contribution in [2.45, 2.75) is 20.0 Å². The number of carbonyl (C=O) groups is 2. The molecule has 0 fully saturated rings. The number of carbonyl (C=O) groups excluding carboxylic acids is 2. The fraction of sp³-hybridized carbons (Fsp3) is 0.308. The molecule has 21 heavy (non-hydrogen) atoms. The molecule has 0 aromatic carbocycles. The van der Waals surface area contributed by atoms with Crippen LogP contribution in [0.1, 0.15) is 23.2 Å². The molecule has 1 atom stereocenters. The van der Waals surface area contributed by atoms with E-state index >= 15 is 0 Å². The predicted molar refractivity (Wildman–Crippen MR) is 71.3 cm³/mol. The van der Waals surface area contributed by atoms with Crippen molar-refractivity contribution in [1.29, 1.82) is 0 Å². The van der Waals surface area contributed by atoms with Gasteiger partial charge in [-0.25, -0.2) is 0 Å². The lowest BCUT2D eigenvalue weighted by molar-refractivity contribution is -0.136. The van der Waals surface area contributed by atoms with Crippen LogP contribution in [0, 0.1) is 13.8 Å². The molecule has 2 aromatic heterocycles. The number of aliphatic hydroxyl groups is 1. The Morgan fingerprint density at radius 1 is 1.38 bits per heavy atom. The summed E-state index contributed by atoms with van der Waals surface area (Å²) >= 11 is 0. The Kier molecular flexibility index (Phi) is 4.39. The van der Waals surface area contributed by atoms with E-state index in [1.165, 1.54) is 12.3 Å². The summed E-state index contributed by atoms with van der Waals surface area (Å²) in [5.74, 6) is -0.402. The number of rotatable bonds is 4. The maximum Gasteiger partial charge on any atom is 0.314 e. The summed E-state index contributed by atoms with van der Waals surface area (Å²) in [5, 5.41) is 18.0. The van der Waals surface area contributed by atoms with Crippen molar-refractivity contribution in [3.05, 3.63) is 35.5 Å². The van der Waals surface area contributed by atoms with Gasteiger partial charge in [-0.05, 0) is 19.9 Å². The SMILES string of the molecule is Cc1cc(C(O)CNC(=O)C(=O)Nc2ccon2)c(C)o1. The highest BCUT2D eigenvalue weighted by molar-refractivity contribution is 6.39. The van der Waals surface area contributed by atoms with Crippen LogP contribution in [0.4, 0.5) is 5.82 Å². The van der Waals surface area contributed by atoms with Gasteiger partial charge in [-0.3, -0.25) is 14.9 Å². The highest BCUT2D eigenvalue weighted by atomic mass is 16.5. The summed E-state index contributed by atoms with van der Waals surface area (Å²) in [7, 11) is 0. The quantitative estimate of drug-likeness (QED) is 0.713. The van der Waals surface area contributed by atoms with Crippen LogP contribution in [0.5, 0.6) is 0 Å². The van der Waals surface area contributed by atoms with E-state index in [4.69, 9.17) is 4.42 Å². The predicted octanol–water partition coefficient (Wildman–Crippen LogP) is 0.673. The molecular formula is C13H15N3O5. The second-order valence-corrected chi connectivity index (χ2v) is 4.43. The molecule has 0 saturated heterocycles. The molecule has 0 saturated carbocycles. The van der Waals surface area contributed by atoms with Crippen molar-refractivity contribution in [1.82, 2.24) is 10.5 Å². The Labute approximate surface area is 120 Å². The number of anilines is 1. The fourth-order valence-electron chi connectivity index (χ4n) is 1.81.